The van der Waals surface area contributed by atoms with Crippen LogP contribution in [0.25, 0.3) is 0 Å². The van der Waals surface area contributed by atoms with Gasteiger partial charge in [0.25, 0.3) is 0 Å². The largest absolute Gasteiger partial charge is 0.497 e. The Morgan fingerprint density at radius 1 is 1.23 bits per heavy atom. The van der Waals surface area contributed by atoms with Gasteiger partial charge in [0.05, 0.1) is 12.5 Å². The minimum Gasteiger partial charge on any atom is -0.497 e. The van der Waals surface area contributed by atoms with Crippen molar-refractivity contribution in [2.45, 2.75) is 25.2 Å². The summed E-state index contributed by atoms with van der Waals surface area (Å²) in [7, 11) is 7.63. The van der Waals surface area contributed by atoms with E-state index in [4.69, 9.17) is 24.5 Å². The fraction of sp³-hybridized carbons (Fsp3) is 0.500. The highest BCUT2D eigenvalue weighted by atomic mass is 16.5. The number of carboxylic acid groups (broad SMARTS) is 2. The summed E-state index contributed by atoms with van der Waals surface area (Å²) in [5, 5.41) is 14.8. The normalized spacial score (nSPS) is 18.2. The molecule has 1 atom stereocenters. The molecule has 144 valence electrons. The van der Waals surface area contributed by atoms with Gasteiger partial charge in [-0.25, -0.2) is 9.59 Å². The van der Waals surface area contributed by atoms with Gasteiger partial charge in [0.15, 0.2) is 0 Å². The molecule has 0 spiro atoms. The number of hydrogen-bond acceptors (Lipinski definition) is 5. The van der Waals surface area contributed by atoms with Gasteiger partial charge in [-0.3, -0.25) is 4.79 Å². The molecular weight excluding hydrogens is 340 g/mol. The van der Waals surface area contributed by atoms with Gasteiger partial charge in [0.1, 0.15) is 5.75 Å². The van der Waals surface area contributed by atoms with E-state index in [1.54, 1.807) is 12.0 Å². The van der Waals surface area contributed by atoms with Crippen LogP contribution in [-0.2, 0) is 19.8 Å². The zero-order valence-electron chi connectivity index (χ0n) is 15.8. The van der Waals surface area contributed by atoms with Gasteiger partial charge in [-0.05, 0) is 64.2 Å². The van der Waals surface area contributed by atoms with E-state index in [9.17, 15) is 4.79 Å². The summed E-state index contributed by atoms with van der Waals surface area (Å²) >= 11 is 0. The number of rotatable bonds is 5. The molecule has 1 aromatic rings. The van der Waals surface area contributed by atoms with Crippen LogP contribution < -0.4 is 9.64 Å². The summed E-state index contributed by atoms with van der Waals surface area (Å²) in [5.74, 6) is -2.66. The van der Waals surface area contributed by atoms with Crippen LogP contribution in [-0.4, -0.2) is 67.8 Å². The van der Waals surface area contributed by atoms with Crippen molar-refractivity contribution >= 4 is 23.5 Å². The minimum atomic E-state index is -1.82. The highest BCUT2D eigenvalue weighted by Crippen LogP contribution is 2.45. The number of carbonyl (C=O) groups excluding carboxylic acids is 1. The van der Waals surface area contributed by atoms with Crippen LogP contribution in [0.15, 0.2) is 18.2 Å². The molecule has 0 bridgehead atoms. The molecule has 1 amide bonds. The SMILES string of the molecule is COc1ccc2c(c1)C(C)(CCCN(C)C)C(=O)N2C.O=C(O)C(=O)O. The van der Waals surface area contributed by atoms with E-state index in [0.717, 1.165) is 36.4 Å². The number of anilines is 1. The van der Waals surface area contributed by atoms with Crippen LogP contribution in [0.4, 0.5) is 5.69 Å². The number of ether oxygens (including phenoxy) is 1. The van der Waals surface area contributed by atoms with Crippen molar-refractivity contribution in [3.8, 4) is 5.75 Å². The van der Waals surface area contributed by atoms with Crippen LogP contribution in [0.3, 0.4) is 0 Å². The van der Waals surface area contributed by atoms with E-state index in [1.165, 1.54) is 0 Å². The Labute approximate surface area is 153 Å². The highest BCUT2D eigenvalue weighted by Gasteiger charge is 2.45. The Morgan fingerprint density at radius 3 is 2.27 bits per heavy atom. The van der Waals surface area contributed by atoms with Crippen LogP contribution in [0.2, 0.25) is 0 Å². The average Bonchev–Trinajstić information content (AvgIpc) is 2.76. The number of aliphatic carboxylic acids is 2. The molecule has 0 aromatic heterocycles. The Kier molecular flexibility index (Phi) is 7.14. The molecule has 0 radical (unpaired) electrons. The summed E-state index contributed by atoms with van der Waals surface area (Å²) in [6.07, 6.45) is 1.86. The average molecular weight is 366 g/mol. The second-order valence-corrected chi connectivity index (χ2v) is 6.60. The zero-order valence-corrected chi connectivity index (χ0v) is 15.8. The highest BCUT2D eigenvalue weighted by molar-refractivity contribution is 6.27. The molecule has 0 fully saturated rings. The number of nitrogens with zero attached hydrogens (tertiary/aromatic N) is 2. The number of fused-ring (bicyclic) bond motifs is 1. The first-order valence-electron chi connectivity index (χ1n) is 8.12. The van der Waals surface area contributed by atoms with Crippen molar-refractivity contribution in [3.63, 3.8) is 0 Å². The molecule has 0 aliphatic carbocycles. The Hall–Kier alpha value is -2.61. The molecule has 1 unspecified atom stereocenters. The van der Waals surface area contributed by atoms with Gasteiger partial charge in [-0.15, -0.1) is 0 Å². The third-order valence-electron chi connectivity index (χ3n) is 4.40. The van der Waals surface area contributed by atoms with Crippen molar-refractivity contribution in [3.05, 3.63) is 23.8 Å². The molecule has 2 rings (SSSR count). The molecule has 8 heteroatoms. The molecule has 8 nitrogen and oxygen atoms in total. The first kappa shape index (κ1) is 21.4. The Bertz CT molecular complexity index is 676. The van der Waals surface area contributed by atoms with Crippen molar-refractivity contribution in [1.82, 2.24) is 4.90 Å². The first-order valence-corrected chi connectivity index (χ1v) is 8.12. The summed E-state index contributed by atoms with van der Waals surface area (Å²) in [6, 6.07) is 5.89. The number of carboxylic acids is 2. The van der Waals surface area contributed by atoms with Gasteiger partial charge >= 0.3 is 11.9 Å². The first-order chi connectivity index (χ1) is 12.0. The van der Waals surface area contributed by atoms with Crippen molar-refractivity contribution in [2.75, 3.05) is 39.7 Å². The van der Waals surface area contributed by atoms with Crippen molar-refractivity contribution < 1.29 is 29.3 Å². The zero-order chi connectivity index (χ0) is 20.1. The monoisotopic (exact) mass is 366 g/mol. The lowest BCUT2D eigenvalue weighted by atomic mass is 9.79. The molecule has 1 heterocycles. The molecule has 1 aromatic carbocycles. The summed E-state index contributed by atoms with van der Waals surface area (Å²) in [4.78, 5) is 34.7. The van der Waals surface area contributed by atoms with E-state index in [2.05, 4.69) is 19.0 Å². The topological polar surface area (TPSA) is 107 Å². The van der Waals surface area contributed by atoms with E-state index >= 15 is 0 Å². The van der Waals surface area contributed by atoms with Crippen molar-refractivity contribution in [2.24, 2.45) is 0 Å². The lowest BCUT2D eigenvalue weighted by Gasteiger charge is -2.24. The number of hydrogen-bond donors (Lipinski definition) is 2. The second-order valence-electron chi connectivity index (χ2n) is 6.60. The quantitative estimate of drug-likeness (QED) is 0.759. The molecular formula is C18H26N2O6. The maximum Gasteiger partial charge on any atom is 0.414 e. The summed E-state index contributed by atoms with van der Waals surface area (Å²) < 4.78 is 5.31. The van der Waals surface area contributed by atoms with Gasteiger partial charge in [-0.1, -0.05) is 0 Å². The predicted molar refractivity (Wildman–Crippen MR) is 96.8 cm³/mol. The van der Waals surface area contributed by atoms with E-state index in [-0.39, 0.29) is 5.91 Å². The number of methoxy groups -OCH3 is 1. The number of carbonyl (C=O) groups is 3. The molecule has 0 saturated heterocycles. The van der Waals surface area contributed by atoms with Crippen LogP contribution in [0.5, 0.6) is 5.75 Å². The van der Waals surface area contributed by atoms with E-state index < -0.39 is 17.4 Å². The van der Waals surface area contributed by atoms with Gasteiger partial charge in [0, 0.05) is 12.7 Å². The number of benzene rings is 1. The number of likely N-dealkylation sites (N-methyl/N-ethyl adjacent to an activating group) is 1. The minimum absolute atomic E-state index is 0.180. The maximum atomic E-state index is 12.6. The lowest BCUT2D eigenvalue weighted by Crippen LogP contribution is -2.36. The fourth-order valence-electron chi connectivity index (χ4n) is 2.96. The van der Waals surface area contributed by atoms with E-state index in [1.807, 2.05) is 32.2 Å². The molecule has 1 aliphatic rings. The summed E-state index contributed by atoms with van der Waals surface area (Å²) in [6.45, 7) is 3.04. The molecule has 1 aliphatic heterocycles. The molecule has 2 N–H and O–H groups in total. The van der Waals surface area contributed by atoms with Gasteiger partial charge < -0.3 is 24.7 Å². The Balaban J connectivity index is 0.000000487. The van der Waals surface area contributed by atoms with Gasteiger partial charge in [-0.2, -0.15) is 0 Å². The summed E-state index contributed by atoms with van der Waals surface area (Å²) in [5.41, 5.74) is 1.65. The predicted octanol–water partition coefficient (Wildman–Crippen LogP) is 1.43. The van der Waals surface area contributed by atoms with Crippen LogP contribution >= 0.6 is 0 Å². The van der Waals surface area contributed by atoms with Crippen LogP contribution in [0, 0.1) is 0 Å². The van der Waals surface area contributed by atoms with Gasteiger partial charge in [0.2, 0.25) is 5.91 Å². The third kappa shape index (κ3) is 4.72. The smallest absolute Gasteiger partial charge is 0.414 e. The standard InChI is InChI=1S/C16H24N2O2.C2H2O4/c1-16(9-6-10-17(2)3)13-11-12(20-5)7-8-14(13)18(4)15(16)19;3-1(4)2(5)6/h7-8,11H,6,9-10H2,1-5H3;(H,3,4)(H,5,6). The maximum absolute atomic E-state index is 12.6. The third-order valence-corrected chi connectivity index (χ3v) is 4.40. The van der Waals surface area contributed by atoms with E-state index in [0.29, 0.717) is 0 Å². The van der Waals surface area contributed by atoms with Crippen LogP contribution in [0.1, 0.15) is 25.3 Å². The lowest BCUT2D eigenvalue weighted by molar-refractivity contribution is -0.159. The van der Waals surface area contributed by atoms with Crippen molar-refractivity contribution in [1.29, 1.82) is 0 Å². The molecule has 0 saturated carbocycles. The number of amides is 1. The molecule has 26 heavy (non-hydrogen) atoms. The second kappa shape index (κ2) is 8.66. The Morgan fingerprint density at radius 2 is 1.81 bits per heavy atom. The fourth-order valence-corrected chi connectivity index (χ4v) is 2.96.